The van der Waals surface area contributed by atoms with E-state index in [1.165, 1.54) is 13.1 Å². The van der Waals surface area contributed by atoms with E-state index in [9.17, 15) is 13.2 Å². The molecular formula is C22H22N6O4S. The van der Waals surface area contributed by atoms with Crippen LogP contribution in [0.25, 0.3) is 11.0 Å². The molecule has 3 aromatic heterocycles. The van der Waals surface area contributed by atoms with Gasteiger partial charge in [-0.3, -0.25) is 9.52 Å². The summed E-state index contributed by atoms with van der Waals surface area (Å²) in [6.45, 7) is 3.34. The fourth-order valence-electron chi connectivity index (χ4n) is 3.14. The van der Waals surface area contributed by atoms with Crippen molar-refractivity contribution >= 4 is 38.5 Å². The van der Waals surface area contributed by atoms with E-state index < -0.39 is 10.0 Å². The molecule has 2 N–H and O–H groups in total. The molecule has 3 heterocycles. The normalized spacial score (nSPS) is 11.3. The Hall–Kier alpha value is -3.99. The number of carbonyl (C=O) groups is 1. The molecule has 0 saturated heterocycles. The number of nitrogens with one attached hydrogen (secondary N) is 2. The van der Waals surface area contributed by atoms with Crippen molar-refractivity contribution in [2.45, 2.75) is 20.4 Å². The van der Waals surface area contributed by atoms with Crippen LogP contribution in [0.3, 0.4) is 0 Å². The van der Waals surface area contributed by atoms with Gasteiger partial charge in [0, 0.05) is 48.2 Å². The van der Waals surface area contributed by atoms with E-state index in [2.05, 4.69) is 25.0 Å². The van der Waals surface area contributed by atoms with Gasteiger partial charge in [-0.05, 0) is 31.2 Å². The minimum atomic E-state index is -3.46. The molecule has 0 aliphatic heterocycles. The number of hydrogen-bond acceptors (Lipinski definition) is 7. The number of hydrogen-bond donors (Lipinski definition) is 2. The lowest BCUT2D eigenvalue weighted by Gasteiger charge is -2.12. The number of fused-ring (bicyclic) bond motifs is 1. The average Bonchev–Trinajstić information content (AvgIpc) is 3.17. The van der Waals surface area contributed by atoms with Gasteiger partial charge in [0.25, 0.3) is 0 Å². The van der Waals surface area contributed by atoms with Crippen LogP contribution in [0.2, 0.25) is 0 Å². The van der Waals surface area contributed by atoms with E-state index in [0.717, 1.165) is 5.39 Å². The van der Waals surface area contributed by atoms with Gasteiger partial charge >= 0.3 is 6.01 Å². The highest BCUT2D eigenvalue weighted by molar-refractivity contribution is 7.92. The Morgan fingerprint density at radius 3 is 2.79 bits per heavy atom. The van der Waals surface area contributed by atoms with E-state index in [1.54, 1.807) is 49.5 Å². The van der Waals surface area contributed by atoms with Crippen LogP contribution >= 0.6 is 0 Å². The van der Waals surface area contributed by atoms with E-state index in [0.29, 0.717) is 29.2 Å². The van der Waals surface area contributed by atoms with Crippen LogP contribution < -0.4 is 14.8 Å². The Kier molecular flexibility index (Phi) is 6.22. The average molecular weight is 467 g/mol. The van der Waals surface area contributed by atoms with Crippen molar-refractivity contribution in [2.24, 2.45) is 0 Å². The first-order chi connectivity index (χ1) is 15.8. The van der Waals surface area contributed by atoms with Crippen LogP contribution in [0.1, 0.15) is 19.4 Å². The fourth-order valence-corrected chi connectivity index (χ4v) is 3.76. The molecule has 170 valence electrons. The van der Waals surface area contributed by atoms with Crippen molar-refractivity contribution in [3.63, 3.8) is 0 Å². The van der Waals surface area contributed by atoms with Crippen LogP contribution in [-0.4, -0.2) is 39.6 Å². The smallest absolute Gasteiger partial charge is 0.323 e. The molecule has 4 aromatic rings. The Bertz CT molecular complexity index is 1420. The monoisotopic (exact) mass is 466 g/mol. The number of anilines is 2. The number of rotatable bonds is 8. The number of aromatic nitrogens is 4. The summed E-state index contributed by atoms with van der Waals surface area (Å²) in [4.78, 5) is 24.2. The number of ether oxygens (including phenoxy) is 1. The van der Waals surface area contributed by atoms with Crippen LogP contribution in [-0.2, 0) is 21.4 Å². The number of nitrogens with zero attached hydrogens (tertiary/aromatic N) is 4. The minimum absolute atomic E-state index is 0.0491. The molecule has 0 bridgehead atoms. The van der Waals surface area contributed by atoms with Gasteiger partial charge in [-0.1, -0.05) is 12.1 Å². The number of amides is 1. The first kappa shape index (κ1) is 22.2. The van der Waals surface area contributed by atoms with Crippen LogP contribution in [0.5, 0.6) is 11.8 Å². The maximum absolute atomic E-state index is 12.0. The molecule has 0 spiro atoms. The molecule has 0 fully saturated rings. The second-order valence-electron chi connectivity index (χ2n) is 7.20. The third-order valence-corrected chi connectivity index (χ3v) is 5.97. The predicted molar refractivity (Wildman–Crippen MR) is 125 cm³/mol. The third kappa shape index (κ3) is 5.44. The van der Waals surface area contributed by atoms with E-state index in [4.69, 9.17) is 4.74 Å². The van der Waals surface area contributed by atoms with Gasteiger partial charge < -0.3 is 14.6 Å². The Balaban J connectivity index is 1.61. The highest BCUT2D eigenvalue weighted by Crippen LogP contribution is 2.24. The Morgan fingerprint density at radius 1 is 1.15 bits per heavy atom. The van der Waals surface area contributed by atoms with Crippen molar-refractivity contribution < 1.29 is 17.9 Å². The molecular weight excluding hydrogens is 444 g/mol. The van der Waals surface area contributed by atoms with E-state index in [1.807, 2.05) is 16.8 Å². The van der Waals surface area contributed by atoms with Crippen molar-refractivity contribution in [3.05, 3.63) is 66.6 Å². The lowest BCUT2D eigenvalue weighted by atomic mass is 10.2. The summed E-state index contributed by atoms with van der Waals surface area (Å²) in [7, 11) is -3.46. The van der Waals surface area contributed by atoms with E-state index in [-0.39, 0.29) is 23.5 Å². The molecule has 10 nitrogen and oxygen atoms in total. The SMILES string of the molecule is CCS(=O)(=O)Nc1ncccc1Cn1ccc2cnc(Oc3cccc(NC(C)=O)c3)nc21. The Labute approximate surface area is 190 Å². The molecule has 0 aliphatic rings. The molecule has 33 heavy (non-hydrogen) atoms. The lowest BCUT2D eigenvalue weighted by molar-refractivity contribution is -0.114. The van der Waals surface area contributed by atoms with Gasteiger partial charge in [0.05, 0.1) is 12.3 Å². The summed E-state index contributed by atoms with van der Waals surface area (Å²) < 4.78 is 34.2. The second kappa shape index (κ2) is 9.25. The van der Waals surface area contributed by atoms with Crippen molar-refractivity contribution in [1.29, 1.82) is 0 Å². The summed E-state index contributed by atoms with van der Waals surface area (Å²) >= 11 is 0. The number of carbonyl (C=O) groups excluding carboxylic acids is 1. The maximum atomic E-state index is 12.0. The number of benzene rings is 1. The highest BCUT2D eigenvalue weighted by atomic mass is 32.2. The molecule has 4 rings (SSSR count). The molecule has 1 amide bonds. The predicted octanol–water partition coefficient (Wildman–Crippen LogP) is 3.39. The lowest BCUT2D eigenvalue weighted by Crippen LogP contribution is -2.17. The van der Waals surface area contributed by atoms with Gasteiger partial charge in [0.1, 0.15) is 17.2 Å². The molecule has 1 aromatic carbocycles. The maximum Gasteiger partial charge on any atom is 0.323 e. The standard InChI is InChI=1S/C22H22N6O4S/c1-3-33(30,31)27-20-17(6-5-10-23-20)14-28-11-9-16-13-24-22(26-21(16)28)32-19-8-4-7-18(12-19)25-15(2)29/h4-13H,3,14H2,1-2H3,(H,23,27)(H,25,29). The van der Waals surface area contributed by atoms with Gasteiger partial charge in [0.2, 0.25) is 15.9 Å². The van der Waals surface area contributed by atoms with Gasteiger partial charge in [-0.25, -0.2) is 18.4 Å². The zero-order valence-electron chi connectivity index (χ0n) is 18.0. The largest absolute Gasteiger partial charge is 0.424 e. The summed E-state index contributed by atoms with van der Waals surface area (Å²) in [6.07, 6.45) is 5.02. The van der Waals surface area contributed by atoms with Crippen molar-refractivity contribution in [3.8, 4) is 11.8 Å². The summed E-state index contributed by atoms with van der Waals surface area (Å²) in [6, 6.07) is 12.5. The molecule has 0 saturated carbocycles. The molecule has 0 aliphatic carbocycles. The molecule has 0 atom stereocenters. The zero-order valence-corrected chi connectivity index (χ0v) is 18.8. The van der Waals surface area contributed by atoms with Crippen LogP contribution in [0.4, 0.5) is 11.5 Å². The summed E-state index contributed by atoms with van der Waals surface area (Å²) in [5, 5.41) is 3.50. The van der Waals surface area contributed by atoms with Gasteiger partial charge in [0.15, 0.2) is 0 Å². The van der Waals surface area contributed by atoms with Crippen molar-refractivity contribution in [2.75, 3.05) is 15.8 Å². The first-order valence-electron chi connectivity index (χ1n) is 10.1. The topological polar surface area (TPSA) is 128 Å². The first-order valence-corrected chi connectivity index (χ1v) is 11.8. The third-order valence-electron chi connectivity index (χ3n) is 4.71. The number of pyridine rings is 1. The Morgan fingerprint density at radius 2 is 2.00 bits per heavy atom. The molecule has 0 unspecified atom stereocenters. The van der Waals surface area contributed by atoms with Crippen molar-refractivity contribution in [1.82, 2.24) is 19.5 Å². The molecule has 0 radical (unpaired) electrons. The summed E-state index contributed by atoms with van der Waals surface area (Å²) in [5.74, 6) is 0.523. The fraction of sp³-hybridized carbons (Fsp3) is 0.182. The minimum Gasteiger partial charge on any atom is -0.424 e. The van der Waals surface area contributed by atoms with Crippen LogP contribution in [0, 0.1) is 0 Å². The van der Waals surface area contributed by atoms with E-state index >= 15 is 0 Å². The zero-order chi connectivity index (χ0) is 23.4. The van der Waals surface area contributed by atoms with Gasteiger partial charge in [-0.2, -0.15) is 4.98 Å². The number of sulfonamides is 1. The second-order valence-corrected chi connectivity index (χ2v) is 9.21. The highest BCUT2D eigenvalue weighted by Gasteiger charge is 2.14. The van der Waals surface area contributed by atoms with Gasteiger partial charge in [-0.15, -0.1) is 0 Å². The van der Waals surface area contributed by atoms with Crippen LogP contribution in [0.15, 0.2) is 61.1 Å². The molecule has 11 heteroatoms. The quantitative estimate of drug-likeness (QED) is 0.407. The summed E-state index contributed by atoms with van der Waals surface area (Å²) in [5.41, 5.74) is 1.91.